The van der Waals surface area contributed by atoms with Gasteiger partial charge in [-0.25, -0.2) is 12.8 Å². The molecular formula is C36H37ClFN3O4S. The Balaban J connectivity index is 1.57. The van der Waals surface area contributed by atoms with Gasteiger partial charge in [-0.2, -0.15) is 0 Å². The van der Waals surface area contributed by atoms with E-state index in [2.05, 4.69) is 5.32 Å². The highest BCUT2D eigenvalue weighted by Crippen LogP contribution is 2.28. The van der Waals surface area contributed by atoms with Gasteiger partial charge in [0.15, 0.2) is 0 Å². The number of rotatable bonds is 12. The molecule has 0 aliphatic heterocycles. The highest BCUT2D eigenvalue weighted by molar-refractivity contribution is 7.92. The summed E-state index contributed by atoms with van der Waals surface area (Å²) in [7, 11) is -4.27. The molecule has 0 saturated heterocycles. The molecule has 1 aliphatic carbocycles. The van der Waals surface area contributed by atoms with Crippen LogP contribution in [-0.2, 0) is 32.6 Å². The SMILES string of the molecule is Cc1ccc(S(=O)(=O)N(CC(=O)N(Cc2ccccc2F)[C@H](Cc2ccccc2)C(=O)NC2CCCC2)c2cccc(Cl)c2)cc1. The van der Waals surface area contributed by atoms with Crippen LogP contribution in [0.1, 0.15) is 42.4 Å². The Morgan fingerprint density at radius 3 is 2.26 bits per heavy atom. The number of carbonyl (C=O) groups excluding carboxylic acids is 2. The first-order chi connectivity index (χ1) is 22.1. The van der Waals surface area contributed by atoms with Crippen molar-refractivity contribution in [2.75, 3.05) is 10.8 Å². The first kappa shape index (κ1) is 33.2. The number of aryl methyl sites for hydroxylation is 1. The number of benzene rings is 4. The summed E-state index contributed by atoms with van der Waals surface area (Å²) in [5, 5.41) is 3.40. The summed E-state index contributed by atoms with van der Waals surface area (Å²) in [4.78, 5) is 29.8. The number of hydrogen-bond donors (Lipinski definition) is 1. The molecule has 0 spiro atoms. The Morgan fingerprint density at radius 2 is 1.59 bits per heavy atom. The van der Waals surface area contributed by atoms with E-state index in [0.29, 0.717) is 0 Å². The molecule has 7 nitrogen and oxygen atoms in total. The van der Waals surface area contributed by atoms with Crippen LogP contribution < -0.4 is 9.62 Å². The number of nitrogens with one attached hydrogen (secondary N) is 1. The number of hydrogen-bond acceptors (Lipinski definition) is 4. The summed E-state index contributed by atoms with van der Waals surface area (Å²) in [6, 6.07) is 26.8. The summed E-state index contributed by atoms with van der Waals surface area (Å²) in [5.74, 6) is -1.56. The largest absolute Gasteiger partial charge is 0.352 e. The van der Waals surface area contributed by atoms with Gasteiger partial charge in [0.1, 0.15) is 18.4 Å². The van der Waals surface area contributed by atoms with E-state index >= 15 is 4.39 Å². The van der Waals surface area contributed by atoms with Crippen molar-refractivity contribution in [2.45, 2.75) is 62.6 Å². The molecule has 240 valence electrons. The monoisotopic (exact) mass is 661 g/mol. The van der Waals surface area contributed by atoms with Crippen molar-refractivity contribution in [3.63, 3.8) is 0 Å². The fourth-order valence-electron chi connectivity index (χ4n) is 5.73. The van der Waals surface area contributed by atoms with Gasteiger partial charge in [-0.1, -0.05) is 96.7 Å². The lowest BCUT2D eigenvalue weighted by molar-refractivity contribution is -0.140. The van der Waals surface area contributed by atoms with Crippen molar-refractivity contribution >= 4 is 39.1 Å². The van der Waals surface area contributed by atoms with Crippen molar-refractivity contribution in [3.05, 3.63) is 131 Å². The smallest absolute Gasteiger partial charge is 0.264 e. The summed E-state index contributed by atoms with van der Waals surface area (Å²) in [5.41, 5.74) is 2.07. The zero-order valence-electron chi connectivity index (χ0n) is 25.6. The Kier molecular flexibility index (Phi) is 10.8. The molecule has 0 bridgehead atoms. The molecule has 2 amide bonds. The maximum atomic E-state index is 15.1. The number of amides is 2. The van der Waals surface area contributed by atoms with Gasteiger partial charge in [-0.05, 0) is 61.7 Å². The molecular weight excluding hydrogens is 625 g/mol. The molecule has 0 heterocycles. The second-order valence-electron chi connectivity index (χ2n) is 11.6. The molecule has 1 aliphatic rings. The quantitative estimate of drug-likeness (QED) is 0.184. The fourth-order valence-corrected chi connectivity index (χ4v) is 7.32. The normalized spacial score (nSPS) is 14.1. The van der Waals surface area contributed by atoms with E-state index in [1.165, 1.54) is 29.2 Å². The topological polar surface area (TPSA) is 86.8 Å². The highest BCUT2D eigenvalue weighted by Gasteiger charge is 2.36. The molecule has 1 atom stereocenters. The van der Waals surface area contributed by atoms with E-state index in [-0.39, 0.29) is 46.1 Å². The first-order valence-corrected chi connectivity index (χ1v) is 17.2. The van der Waals surface area contributed by atoms with Crippen molar-refractivity contribution < 1.29 is 22.4 Å². The Bertz CT molecular complexity index is 1760. The fraction of sp³-hybridized carbons (Fsp3) is 0.278. The second-order valence-corrected chi connectivity index (χ2v) is 13.9. The number of anilines is 1. The molecule has 1 N–H and O–H groups in total. The average molecular weight is 662 g/mol. The molecule has 0 aromatic heterocycles. The van der Waals surface area contributed by atoms with Crippen LogP contribution >= 0.6 is 11.6 Å². The summed E-state index contributed by atoms with van der Waals surface area (Å²) < 4.78 is 44.3. The van der Waals surface area contributed by atoms with Crippen LogP contribution in [0, 0.1) is 12.7 Å². The predicted octanol–water partition coefficient (Wildman–Crippen LogP) is 6.68. The molecule has 1 saturated carbocycles. The number of sulfonamides is 1. The highest BCUT2D eigenvalue weighted by atomic mass is 35.5. The van der Waals surface area contributed by atoms with Crippen molar-refractivity contribution in [1.29, 1.82) is 0 Å². The third-order valence-electron chi connectivity index (χ3n) is 8.26. The van der Waals surface area contributed by atoms with E-state index in [1.807, 2.05) is 37.3 Å². The third-order valence-corrected chi connectivity index (χ3v) is 10.3. The Labute approximate surface area is 275 Å². The van der Waals surface area contributed by atoms with Gasteiger partial charge in [0.25, 0.3) is 10.0 Å². The molecule has 0 radical (unpaired) electrons. The number of nitrogens with zero attached hydrogens (tertiary/aromatic N) is 2. The summed E-state index contributed by atoms with van der Waals surface area (Å²) in [6.45, 7) is 0.959. The van der Waals surface area contributed by atoms with Crippen LogP contribution in [-0.4, -0.2) is 43.8 Å². The predicted molar refractivity (Wildman–Crippen MR) is 178 cm³/mol. The number of halogens is 2. The molecule has 10 heteroatoms. The zero-order chi connectivity index (χ0) is 32.7. The lowest BCUT2D eigenvalue weighted by atomic mass is 10.0. The van der Waals surface area contributed by atoms with Crippen LogP contribution in [0.4, 0.5) is 10.1 Å². The van der Waals surface area contributed by atoms with Gasteiger partial charge in [0.2, 0.25) is 11.8 Å². The van der Waals surface area contributed by atoms with Crippen molar-refractivity contribution in [3.8, 4) is 0 Å². The minimum Gasteiger partial charge on any atom is -0.352 e. The van der Waals surface area contributed by atoms with Crippen molar-refractivity contribution in [2.24, 2.45) is 0 Å². The van der Waals surface area contributed by atoms with E-state index in [4.69, 9.17) is 11.6 Å². The van der Waals surface area contributed by atoms with Gasteiger partial charge in [-0.3, -0.25) is 13.9 Å². The van der Waals surface area contributed by atoms with Crippen LogP contribution in [0.25, 0.3) is 0 Å². The van der Waals surface area contributed by atoms with E-state index in [1.54, 1.807) is 48.5 Å². The zero-order valence-corrected chi connectivity index (χ0v) is 27.2. The third kappa shape index (κ3) is 8.13. The second kappa shape index (κ2) is 14.9. The lowest BCUT2D eigenvalue weighted by Gasteiger charge is -2.34. The maximum absolute atomic E-state index is 15.1. The molecule has 4 aromatic rings. The summed E-state index contributed by atoms with van der Waals surface area (Å²) in [6.07, 6.45) is 3.82. The van der Waals surface area contributed by atoms with Crippen LogP contribution in [0.2, 0.25) is 5.02 Å². The van der Waals surface area contributed by atoms with Gasteiger partial charge in [-0.15, -0.1) is 0 Å². The van der Waals surface area contributed by atoms with Gasteiger partial charge in [0.05, 0.1) is 10.6 Å². The van der Waals surface area contributed by atoms with Gasteiger partial charge < -0.3 is 10.2 Å². The van der Waals surface area contributed by atoms with Crippen LogP contribution in [0.15, 0.2) is 108 Å². The summed E-state index contributed by atoms with van der Waals surface area (Å²) >= 11 is 6.28. The Morgan fingerprint density at radius 1 is 0.913 bits per heavy atom. The van der Waals surface area contributed by atoms with Crippen LogP contribution in [0.3, 0.4) is 0 Å². The molecule has 0 unspecified atom stereocenters. The minimum absolute atomic E-state index is 0.00802. The maximum Gasteiger partial charge on any atom is 0.264 e. The Hall–Kier alpha value is -4.21. The van der Waals surface area contributed by atoms with Gasteiger partial charge >= 0.3 is 0 Å². The average Bonchev–Trinajstić information content (AvgIpc) is 3.56. The lowest BCUT2D eigenvalue weighted by Crippen LogP contribution is -2.54. The van der Waals surface area contributed by atoms with Crippen molar-refractivity contribution in [1.82, 2.24) is 10.2 Å². The van der Waals surface area contributed by atoms with E-state index in [0.717, 1.165) is 41.1 Å². The van der Waals surface area contributed by atoms with E-state index in [9.17, 15) is 18.0 Å². The number of carbonyl (C=O) groups is 2. The minimum atomic E-state index is -4.27. The molecule has 4 aromatic carbocycles. The first-order valence-electron chi connectivity index (χ1n) is 15.3. The molecule has 46 heavy (non-hydrogen) atoms. The molecule has 5 rings (SSSR count). The standard InChI is InChI=1S/C36H37ClFN3O4S/c1-26-18-20-32(21-19-26)46(44,45)41(31-16-9-13-29(37)23-31)25-35(42)40(24-28-12-5-8-17-33(28)38)34(22-27-10-3-2-4-11-27)36(43)39-30-14-6-7-15-30/h2-5,8-13,16-21,23,30,34H,6-7,14-15,22,24-25H2,1H3,(H,39,43)/t34-/m1/s1. The van der Waals surface area contributed by atoms with Gasteiger partial charge in [0, 0.05) is 29.6 Å². The van der Waals surface area contributed by atoms with E-state index < -0.39 is 34.3 Å². The van der Waals surface area contributed by atoms with Crippen LogP contribution in [0.5, 0.6) is 0 Å². The molecule has 1 fully saturated rings.